The molecular weight excluding hydrogens is 387 g/mol. The molecular formula is C20H16ClFN2O4. The second kappa shape index (κ2) is 8.67. The number of fused-ring (bicyclic) bond motifs is 1. The smallest absolute Gasteiger partial charge is 0.325 e. The van der Waals surface area contributed by atoms with Crippen molar-refractivity contribution in [2.45, 2.75) is 6.61 Å². The van der Waals surface area contributed by atoms with Crippen molar-refractivity contribution in [3.05, 3.63) is 70.6 Å². The monoisotopic (exact) mass is 402 g/mol. The lowest BCUT2D eigenvalue weighted by atomic mass is 10.1. The predicted octanol–water partition coefficient (Wildman–Crippen LogP) is 3.51. The Morgan fingerprint density at radius 2 is 1.96 bits per heavy atom. The molecule has 3 rings (SSSR count). The summed E-state index contributed by atoms with van der Waals surface area (Å²) in [6.07, 6.45) is 0. The lowest BCUT2D eigenvalue weighted by Crippen LogP contribution is -2.31. The highest BCUT2D eigenvalue weighted by molar-refractivity contribution is 6.30. The van der Waals surface area contributed by atoms with Gasteiger partial charge in [-0.05, 0) is 30.3 Å². The van der Waals surface area contributed by atoms with Crippen LogP contribution in [0, 0.1) is 5.82 Å². The minimum Gasteiger partial charge on any atom is -0.497 e. The highest BCUT2D eigenvalue weighted by Gasteiger charge is 2.13. The van der Waals surface area contributed by atoms with E-state index in [4.69, 9.17) is 21.1 Å². The van der Waals surface area contributed by atoms with Gasteiger partial charge in [0.2, 0.25) is 0 Å². The summed E-state index contributed by atoms with van der Waals surface area (Å²) in [5, 5.41) is 3.32. The van der Waals surface area contributed by atoms with Crippen molar-refractivity contribution >= 4 is 34.4 Å². The summed E-state index contributed by atoms with van der Waals surface area (Å²) in [6, 6.07) is 12.6. The number of pyridine rings is 1. The minimum absolute atomic E-state index is 0.109. The summed E-state index contributed by atoms with van der Waals surface area (Å²) in [5.74, 6) is -1.40. The third kappa shape index (κ3) is 4.55. The third-order valence-electron chi connectivity index (χ3n) is 3.95. The van der Waals surface area contributed by atoms with Gasteiger partial charge in [-0.1, -0.05) is 23.7 Å². The van der Waals surface area contributed by atoms with Crippen LogP contribution in [0.25, 0.3) is 10.9 Å². The fourth-order valence-corrected chi connectivity index (χ4v) is 2.70. The van der Waals surface area contributed by atoms with Crippen LogP contribution in [0.15, 0.2) is 48.5 Å². The molecule has 6 nitrogen and oxygen atoms in total. The minimum atomic E-state index is -0.700. The maximum Gasteiger partial charge on any atom is 0.325 e. The van der Waals surface area contributed by atoms with Crippen LogP contribution in [-0.2, 0) is 16.1 Å². The van der Waals surface area contributed by atoms with Crippen molar-refractivity contribution in [1.29, 1.82) is 0 Å². The third-order valence-corrected chi connectivity index (χ3v) is 4.28. The zero-order valence-electron chi connectivity index (χ0n) is 14.9. The van der Waals surface area contributed by atoms with Crippen molar-refractivity contribution in [2.24, 2.45) is 0 Å². The molecule has 3 aromatic rings. The van der Waals surface area contributed by atoms with Crippen LogP contribution < -0.4 is 10.1 Å². The maximum atomic E-state index is 13.5. The van der Waals surface area contributed by atoms with E-state index in [2.05, 4.69) is 10.3 Å². The van der Waals surface area contributed by atoms with Crippen LogP contribution in [0.1, 0.15) is 15.9 Å². The number of ether oxygens (including phenoxy) is 2. The molecule has 0 saturated carbocycles. The summed E-state index contributed by atoms with van der Waals surface area (Å²) in [5.41, 5.74) is 1.03. The molecule has 0 aliphatic rings. The average molecular weight is 403 g/mol. The molecule has 0 spiro atoms. The summed E-state index contributed by atoms with van der Waals surface area (Å²) < 4.78 is 23.8. The number of hydrogen-bond acceptors (Lipinski definition) is 5. The summed E-state index contributed by atoms with van der Waals surface area (Å²) in [6.45, 7) is -0.509. The van der Waals surface area contributed by atoms with Gasteiger partial charge in [0.1, 0.15) is 29.9 Å². The Hall–Kier alpha value is -3.19. The maximum absolute atomic E-state index is 13.5. The van der Waals surface area contributed by atoms with E-state index in [0.717, 1.165) is 11.5 Å². The highest BCUT2D eigenvalue weighted by Crippen LogP contribution is 2.24. The van der Waals surface area contributed by atoms with E-state index in [0.29, 0.717) is 16.8 Å². The van der Waals surface area contributed by atoms with E-state index >= 15 is 0 Å². The first kappa shape index (κ1) is 19.6. The van der Waals surface area contributed by atoms with Gasteiger partial charge in [0.15, 0.2) is 0 Å². The number of esters is 1. The first-order chi connectivity index (χ1) is 13.5. The quantitative estimate of drug-likeness (QED) is 0.504. The van der Waals surface area contributed by atoms with E-state index in [1.165, 1.54) is 18.2 Å². The van der Waals surface area contributed by atoms with Gasteiger partial charge in [0.05, 0.1) is 18.2 Å². The lowest BCUT2D eigenvalue weighted by Gasteiger charge is -2.09. The van der Waals surface area contributed by atoms with Gasteiger partial charge in [-0.3, -0.25) is 9.59 Å². The summed E-state index contributed by atoms with van der Waals surface area (Å²) in [4.78, 5) is 28.1. The number of carbonyl (C=O) groups excluding carboxylic acids is 2. The Labute approximate surface area is 165 Å². The Balaban J connectivity index is 1.59. The Morgan fingerprint density at radius 1 is 1.18 bits per heavy atom. The molecule has 0 unspecified atom stereocenters. The van der Waals surface area contributed by atoms with Crippen molar-refractivity contribution < 1.29 is 23.5 Å². The Morgan fingerprint density at radius 3 is 2.71 bits per heavy atom. The van der Waals surface area contributed by atoms with Gasteiger partial charge in [-0.25, -0.2) is 9.37 Å². The van der Waals surface area contributed by atoms with Crippen molar-refractivity contribution in [1.82, 2.24) is 10.3 Å². The second-order valence-corrected chi connectivity index (χ2v) is 6.18. The van der Waals surface area contributed by atoms with E-state index in [9.17, 15) is 14.0 Å². The molecule has 144 valence electrons. The summed E-state index contributed by atoms with van der Waals surface area (Å²) >= 11 is 6.15. The Kier molecular flexibility index (Phi) is 6.06. The number of rotatable bonds is 6. The average Bonchev–Trinajstić information content (AvgIpc) is 2.70. The van der Waals surface area contributed by atoms with Crippen molar-refractivity contribution in [3.8, 4) is 5.75 Å². The van der Waals surface area contributed by atoms with Crippen LogP contribution in [0.3, 0.4) is 0 Å². The molecule has 1 aromatic heterocycles. The van der Waals surface area contributed by atoms with Gasteiger partial charge in [-0.2, -0.15) is 0 Å². The van der Waals surface area contributed by atoms with Crippen molar-refractivity contribution in [3.63, 3.8) is 0 Å². The number of methoxy groups -OCH3 is 1. The van der Waals surface area contributed by atoms with E-state index < -0.39 is 24.2 Å². The molecule has 1 N–H and O–H groups in total. The van der Waals surface area contributed by atoms with Gasteiger partial charge < -0.3 is 14.8 Å². The normalized spacial score (nSPS) is 10.5. The molecule has 0 aliphatic heterocycles. The predicted molar refractivity (Wildman–Crippen MR) is 102 cm³/mol. The number of amides is 1. The fourth-order valence-electron chi connectivity index (χ4n) is 2.50. The summed E-state index contributed by atoms with van der Waals surface area (Å²) in [7, 11) is 1.56. The van der Waals surface area contributed by atoms with Crippen molar-refractivity contribution in [2.75, 3.05) is 13.7 Å². The number of carbonyl (C=O) groups is 2. The number of hydrogen-bond donors (Lipinski definition) is 1. The molecule has 0 saturated heterocycles. The second-order valence-electron chi connectivity index (χ2n) is 5.82. The van der Waals surface area contributed by atoms with Gasteiger partial charge in [0.25, 0.3) is 5.91 Å². The van der Waals surface area contributed by atoms with Crippen LogP contribution in [-0.4, -0.2) is 30.5 Å². The standard InChI is InChI=1S/C20H16ClFN2O4/c1-27-14-7-6-12-8-13(19(21)24-17(12)9-14)11-28-18(25)10-23-20(26)15-4-2-3-5-16(15)22/h2-9H,10-11H2,1H3,(H,23,26). The molecule has 1 amide bonds. The molecule has 0 bridgehead atoms. The molecule has 8 heteroatoms. The van der Waals surface area contributed by atoms with Gasteiger partial charge >= 0.3 is 5.97 Å². The van der Waals surface area contributed by atoms with E-state index in [1.54, 1.807) is 25.3 Å². The molecule has 0 fully saturated rings. The number of benzene rings is 2. The number of nitrogens with one attached hydrogen (secondary N) is 1. The first-order valence-corrected chi connectivity index (χ1v) is 8.67. The zero-order valence-corrected chi connectivity index (χ0v) is 15.6. The highest BCUT2D eigenvalue weighted by atomic mass is 35.5. The fraction of sp³-hybridized carbons (Fsp3) is 0.150. The first-order valence-electron chi connectivity index (χ1n) is 8.29. The SMILES string of the molecule is COc1ccc2cc(COC(=O)CNC(=O)c3ccccc3F)c(Cl)nc2c1. The molecule has 0 atom stereocenters. The lowest BCUT2D eigenvalue weighted by molar-refractivity contribution is -0.143. The molecule has 0 radical (unpaired) electrons. The van der Waals surface area contributed by atoms with E-state index in [-0.39, 0.29) is 17.3 Å². The molecule has 28 heavy (non-hydrogen) atoms. The number of aromatic nitrogens is 1. The van der Waals surface area contributed by atoms with Crippen LogP contribution in [0.5, 0.6) is 5.75 Å². The van der Waals surface area contributed by atoms with Gasteiger partial charge in [-0.15, -0.1) is 0 Å². The van der Waals surface area contributed by atoms with Crippen LogP contribution in [0.2, 0.25) is 5.15 Å². The molecule has 0 aliphatic carbocycles. The molecule has 1 heterocycles. The largest absolute Gasteiger partial charge is 0.497 e. The zero-order chi connectivity index (χ0) is 20.1. The van der Waals surface area contributed by atoms with E-state index in [1.807, 2.05) is 6.07 Å². The van der Waals surface area contributed by atoms with Crippen LogP contribution in [0.4, 0.5) is 4.39 Å². The number of nitrogens with zero attached hydrogens (tertiary/aromatic N) is 1. The Bertz CT molecular complexity index is 1040. The van der Waals surface area contributed by atoms with Gasteiger partial charge in [0, 0.05) is 17.0 Å². The molecule has 2 aromatic carbocycles. The number of halogens is 2. The van der Waals surface area contributed by atoms with Crippen LogP contribution >= 0.6 is 11.6 Å². The topological polar surface area (TPSA) is 77.5 Å².